The molecule has 1 unspecified atom stereocenters. The van der Waals surface area contributed by atoms with E-state index in [0.29, 0.717) is 12.3 Å². The summed E-state index contributed by atoms with van der Waals surface area (Å²) >= 11 is 1.57. The second-order valence-electron chi connectivity index (χ2n) is 5.28. The fourth-order valence-corrected chi connectivity index (χ4v) is 2.99. The number of benzene rings is 2. The molecule has 0 heterocycles. The smallest absolute Gasteiger partial charge is 0.354 e. The zero-order valence-electron chi connectivity index (χ0n) is 13.4. The fraction of sp³-hybridized carbons (Fsp3) is 0.278. The minimum atomic E-state index is -4.47. The summed E-state index contributed by atoms with van der Waals surface area (Å²) in [6, 6.07) is 15.3. The van der Waals surface area contributed by atoms with Gasteiger partial charge in [-0.15, -0.1) is 11.8 Å². The van der Waals surface area contributed by atoms with Gasteiger partial charge >= 0.3 is 6.18 Å². The molecular formula is C18H19F3N2OS. The van der Waals surface area contributed by atoms with E-state index in [2.05, 4.69) is 10.6 Å². The molecule has 7 heteroatoms. The van der Waals surface area contributed by atoms with Crippen LogP contribution in [0.5, 0.6) is 0 Å². The highest BCUT2D eigenvalue weighted by atomic mass is 32.2. The Kier molecular flexibility index (Phi) is 7.33. The number of carbonyl (C=O) groups is 1. The molecule has 0 saturated heterocycles. The molecule has 134 valence electrons. The molecule has 2 aromatic rings. The van der Waals surface area contributed by atoms with Crippen molar-refractivity contribution in [2.75, 3.05) is 18.8 Å². The van der Waals surface area contributed by atoms with Gasteiger partial charge in [0.1, 0.15) is 6.04 Å². The highest BCUT2D eigenvalue weighted by Gasteiger charge is 2.40. The van der Waals surface area contributed by atoms with E-state index in [1.54, 1.807) is 17.8 Å². The average Bonchev–Trinajstić information content (AvgIpc) is 2.59. The van der Waals surface area contributed by atoms with Crippen LogP contribution >= 0.6 is 11.8 Å². The molecule has 1 atom stereocenters. The van der Waals surface area contributed by atoms with E-state index in [1.165, 1.54) is 24.3 Å². The van der Waals surface area contributed by atoms with E-state index in [9.17, 15) is 18.0 Å². The largest absolute Gasteiger partial charge is 0.407 e. The standard InChI is InChI=1S/C18H19F3N2OS/c19-18(20,21)17(14-7-3-1-4-8-14)23-13-16(24)22-11-12-25-15-9-5-2-6-10-15/h1-10,17,23H,11-13H2,(H,22,24). The van der Waals surface area contributed by atoms with Crippen molar-refractivity contribution in [3.05, 3.63) is 66.2 Å². The summed E-state index contributed by atoms with van der Waals surface area (Å²) in [5, 5.41) is 4.91. The molecule has 0 aliphatic carbocycles. The number of thioether (sulfide) groups is 1. The average molecular weight is 368 g/mol. The van der Waals surface area contributed by atoms with Crippen LogP contribution in [0, 0.1) is 0 Å². The van der Waals surface area contributed by atoms with E-state index >= 15 is 0 Å². The van der Waals surface area contributed by atoms with Crippen LogP contribution in [-0.2, 0) is 4.79 Å². The van der Waals surface area contributed by atoms with Crippen LogP contribution in [0.2, 0.25) is 0 Å². The van der Waals surface area contributed by atoms with Gasteiger partial charge in [0.2, 0.25) is 5.91 Å². The first-order valence-corrected chi connectivity index (χ1v) is 8.75. The first-order chi connectivity index (χ1) is 12.0. The molecule has 0 aliphatic rings. The van der Waals surface area contributed by atoms with Gasteiger partial charge in [-0.25, -0.2) is 0 Å². The Bertz CT molecular complexity index is 650. The summed E-state index contributed by atoms with van der Waals surface area (Å²) in [5.74, 6) is 0.191. The van der Waals surface area contributed by atoms with Crippen LogP contribution < -0.4 is 10.6 Å². The molecule has 0 bridgehead atoms. The topological polar surface area (TPSA) is 41.1 Å². The first-order valence-electron chi connectivity index (χ1n) is 7.76. The minimum absolute atomic E-state index is 0.0856. The third-order valence-electron chi connectivity index (χ3n) is 3.36. The zero-order valence-corrected chi connectivity index (χ0v) is 14.2. The first kappa shape index (κ1) is 19.3. The highest BCUT2D eigenvalue weighted by molar-refractivity contribution is 7.99. The van der Waals surface area contributed by atoms with E-state index in [-0.39, 0.29) is 5.56 Å². The van der Waals surface area contributed by atoms with Crippen molar-refractivity contribution in [1.82, 2.24) is 10.6 Å². The van der Waals surface area contributed by atoms with Crippen molar-refractivity contribution >= 4 is 17.7 Å². The van der Waals surface area contributed by atoms with Crippen LogP contribution in [0.3, 0.4) is 0 Å². The molecule has 2 rings (SSSR count). The number of halogens is 3. The van der Waals surface area contributed by atoms with Gasteiger partial charge < -0.3 is 5.32 Å². The molecule has 0 radical (unpaired) electrons. The summed E-state index contributed by atoms with van der Waals surface area (Å²) in [6.45, 7) is -0.00281. The Morgan fingerprint density at radius 3 is 2.20 bits per heavy atom. The van der Waals surface area contributed by atoms with Crippen molar-refractivity contribution in [3.63, 3.8) is 0 Å². The van der Waals surface area contributed by atoms with Gasteiger partial charge in [-0.3, -0.25) is 10.1 Å². The lowest BCUT2D eigenvalue weighted by atomic mass is 10.1. The van der Waals surface area contributed by atoms with Crippen molar-refractivity contribution in [2.24, 2.45) is 0 Å². The van der Waals surface area contributed by atoms with Crippen molar-refractivity contribution in [3.8, 4) is 0 Å². The normalized spacial score (nSPS) is 12.6. The van der Waals surface area contributed by atoms with Gasteiger partial charge in [0.05, 0.1) is 6.54 Å². The Labute approximate surface area is 149 Å². The molecule has 0 aliphatic heterocycles. The molecule has 0 fully saturated rings. The summed E-state index contributed by atoms with van der Waals surface area (Å²) in [4.78, 5) is 12.8. The van der Waals surface area contributed by atoms with Crippen molar-refractivity contribution in [1.29, 1.82) is 0 Å². The number of hydrogen-bond donors (Lipinski definition) is 2. The Balaban J connectivity index is 1.75. The Hall–Kier alpha value is -1.99. The third kappa shape index (κ3) is 6.80. The predicted molar refractivity (Wildman–Crippen MR) is 93.4 cm³/mol. The van der Waals surface area contributed by atoms with E-state index in [1.807, 2.05) is 30.3 Å². The molecular weight excluding hydrogens is 349 g/mol. The van der Waals surface area contributed by atoms with Crippen molar-refractivity contribution in [2.45, 2.75) is 17.1 Å². The number of alkyl halides is 3. The zero-order chi connectivity index (χ0) is 18.1. The second-order valence-corrected chi connectivity index (χ2v) is 6.45. The molecule has 2 aromatic carbocycles. The maximum absolute atomic E-state index is 13.2. The van der Waals surface area contributed by atoms with Gasteiger partial charge in [-0.1, -0.05) is 48.5 Å². The third-order valence-corrected chi connectivity index (χ3v) is 4.38. The van der Waals surface area contributed by atoms with E-state index < -0.39 is 24.7 Å². The van der Waals surface area contributed by atoms with Gasteiger partial charge in [-0.05, 0) is 17.7 Å². The number of carbonyl (C=O) groups excluding carboxylic acids is 1. The molecule has 2 N–H and O–H groups in total. The highest BCUT2D eigenvalue weighted by Crippen LogP contribution is 2.32. The van der Waals surface area contributed by atoms with E-state index in [4.69, 9.17) is 0 Å². The fourth-order valence-electron chi connectivity index (χ4n) is 2.20. The quantitative estimate of drug-likeness (QED) is 0.550. The van der Waals surface area contributed by atoms with Crippen LogP contribution in [0.4, 0.5) is 13.2 Å². The van der Waals surface area contributed by atoms with Gasteiger partial charge in [-0.2, -0.15) is 13.2 Å². The van der Waals surface area contributed by atoms with Gasteiger partial charge in [0.15, 0.2) is 0 Å². The maximum Gasteiger partial charge on any atom is 0.407 e. The maximum atomic E-state index is 13.2. The number of amides is 1. The van der Waals surface area contributed by atoms with Crippen LogP contribution in [0.15, 0.2) is 65.6 Å². The van der Waals surface area contributed by atoms with Crippen LogP contribution in [0.25, 0.3) is 0 Å². The molecule has 25 heavy (non-hydrogen) atoms. The second kappa shape index (κ2) is 9.48. The molecule has 3 nitrogen and oxygen atoms in total. The minimum Gasteiger partial charge on any atom is -0.354 e. The SMILES string of the molecule is O=C(CNC(c1ccccc1)C(F)(F)F)NCCSc1ccccc1. The molecule has 0 saturated carbocycles. The number of nitrogens with one attached hydrogen (secondary N) is 2. The van der Waals surface area contributed by atoms with Gasteiger partial charge in [0.25, 0.3) is 0 Å². The lowest BCUT2D eigenvalue weighted by Gasteiger charge is -2.21. The summed E-state index contributed by atoms with van der Waals surface area (Å²) in [5.41, 5.74) is 0.0856. The lowest BCUT2D eigenvalue weighted by molar-refractivity contribution is -0.158. The monoisotopic (exact) mass is 368 g/mol. The lowest BCUT2D eigenvalue weighted by Crippen LogP contribution is -2.41. The Morgan fingerprint density at radius 1 is 1.00 bits per heavy atom. The molecule has 0 spiro atoms. The molecule has 1 amide bonds. The summed E-state index contributed by atoms with van der Waals surface area (Å²) in [6.07, 6.45) is -4.47. The van der Waals surface area contributed by atoms with Gasteiger partial charge in [0, 0.05) is 17.2 Å². The Morgan fingerprint density at radius 2 is 1.60 bits per heavy atom. The molecule has 0 aromatic heterocycles. The predicted octanol–water partition coefficient (Wildman–Crippen LogP) is 3.79. The number of rotatable bonds is 8. The summed E-state index contributed by atoms with van der Waals surface area (Å²) < 4.78 is 39.5. The van der Waals surface area contributed by atoms with Crippen LogP contribution in [0.1, 0.15) is 11.6 Å². The summed E-state index contributed by atoms with van der Waals surface area (Å²) in [7, 11) is 0. The van der Waals surface area contributed by atoms with Crippen LogP contribution in [-0.4, -0.2) is 30.9 Å². The van der Waals surface area contributed by atoms with Crippen molar-refractivity contribution < 1.29 is 18.0 Å². The number of hydrogen-bond acceptors (Lipinski definition) is 3. The van der Waals surface area contributed by atoms with E-state index in [0.717, 1.165) is 4.90 Å².